The molecule has 0 saturated heterocycles. The van der Waals surface area contributed by atoms with Gasteiger partial charge in [-0.3, -0.25) is 4.79 Å². The summed E-state index contributed by atoms with van der Waals surface area (Å²) in [5.41, 5.74) is 0.601. The van der Waals surface area contributed by atoms with E-state index in [9.17, 15) is 9.59 Å². The molecule has 0 fully saturated rings. The number of hydrogen-bond donors (Lipinski definition) is 2. The smallest absolute Gasteiger partial charge is 0.371 e. The topological polar surface area (TPSA) is 98.0 Å². The Morgan fingerprint density at radius 3 is 2.54 bits per heavy atom. The molecular formula is C16H17NO6S. The lowest BCUT2D eigenvalue weighted by Gasteiger charge is -2.10. The van der Waals surface area contributed by atoms with Crippen molar-refractivity contribution >= 4 is 29.3 Å². The maximum atomic E-state index is 11.9. The van der Waals surface area contributed by atoms with Gasteiger partial charge in [-0.2, -0.15) is 0 Å². The van der Waals surface area contributed by atoms with Gasteiger partial charge >= 0.3 is 5.97 Å². The van der Waals surface area contributed by atoms with Crippen molar-refractivity contribution in [1.82, 2.24) is 0 Å². The molecule has 7 nitrogen and oxygen atoms in total. The first-order valence-corrected chi connectivity index (χ1v) is 8.10. The van der Waals surface area contributed by atoms with Crippen LogP contribution in [-0.2, 0) is 10.5 Å². The molecule has 0 atom stereocenters. The van der Waals surface area contributed by atoms with Crippen LogP contribution in [0.5, 0.6) is 11.5 Å². The maximum absolute atomic E-state index is 11.9. The highest BCUT2D eigenvalue weighted by molar-refractivity contribution is 7.99. The Balaban J connectivity index is 1.83. The first-order chi connectivity index (χ1) is 11.5. The number of nitrogens with one attached hydrogen (secondary N) is 1. The number of benzene rings is 1. The molecule has 0 spiro atoms. The van der Waals surface area contributed by atoms with Crippen molar-refractivity contribution in [3.05, 3.63) is 41.9 Å². The molecule has 1 amide bonds. The summed E-state index contributed by atoms with van der Waals surface area (Å²) in [7, 11) is 3.06. The monoisotopic (exact) mass is 351 g/mol. The van der Waals surface area contributed by atoms with Crippen molar-refractivity contribution in [2.45, 2.75) is 5.75 Å². The number of ether oxygens (including phenoxy) is 2. The summed E-state index contributed by atoms with van der Waals surface area (Å²) < 4.78 is 15.4. The minimum Gasteiger partial charge on any atom is -0.493 e. The third-order valence-electron chi connectivity index (χ3n) is 3.02. The third-order valence-corrected chi connectivity index (χ3v) is 3.97. The largest absolute Gasteiger partial charge is 0.493 e. The minimum absolute atomic E-state index is 0.111. The molecule has 0 aliphatic heterocycles. The van der Waals surface area contributed by atoms with Gasteiger partial charge in [0.25, 0.3) is 0 Å². The quantitative estimate of drug-likeness (QED) is 0.754. The van der Waals surface area contributed by atoms with E-state index in [1.165, 1.54) is 32.0 Å². The second-order valence-electron chi connectivity index (χ2n) is 4.68. The van der Waals surface area contributed by atoms with Crippen molar-refractivity contribution in [3.63, 3.8) is 0 Å². The zero-order chi connectivity index (χ0) is 17.5. The number of hydrogen-bond acceptors (Lipinski definition) is 6. The maximum Gasteiger partial charge on any atom is 0.371 e. The first kappa shape index (κ1) is 17.7. The summed E-state index contributed by atoms with van der Waals surface area (Å²) >= 11 is 1.32. The fraction of sp³-hybridized carbons (Fsp3) is 0.250. The molecule has 2 N–H and O–H groups in total. The first-order valence-electron chi connectivity index (χ1n) is 6.95. The molecule has 1 heterocycles. The van der Waals surface area contributed by atoms with Gasteiger partial charge in [0.05, 0.1) is 25.7 Å². The van der Waals surface area contributed by atoms with Gasteiger partial charge in [0, 0.05) is 11.8 Å². The van der Waals surface area contributed by atoms with Crippen LogP contribution in [0.4, 0.5) is 5.69 Å². The van der Waals surface area contributed by atoms with Gasteiger partial charge in [-0.05, 0) is 24.3 Å². The summed E-state index contributed by atoms with van der Waals surface area (Å²) in [6, 6.07) is 8.07. The number of furan rings is 1. The summed E-state index contributed by atoms with van der Waals surface area (Å²) in [4.78, 5) is 22.7. The average molecular weight is 351 g/mol. The molecule has 2 aromatic rings. The summed E-state index contributed by atoms with van der Waals surface area (Å²) in [5.74, 6) is 0.826. The Bertz CT molecular complexity index is 727. The second-order valence-corrected chi connectivity index (χ2v) is 5.67. The van der Waals surface area contributed by atoms with E-state index < -0.39 is 5.97 Å². The molecule has 2 rings (SSSR count). The minimum atomic E-state index is -1.11. The van der Waals surface area contributed by atoms with Crippen molar-refractivity contribution in [1.29, 1.82) is 0 Å². The molecule has 0 radical (unpaired) electrons. The van der Waals surface area contributed by atoms with Gasteiger partial charge < -0.3 is 24.3 Å². The molecule has 0 unspecified atom stereocenters. The Morgan fingerprint density at radius 1 is 1.17 bits per heavy atom. The highest BCUT2D eigenvalue weighted by Gasteiger charge is 2.10. The van der Waals surface area contributed by atoms with E-state index in [-0.39, 0.29) is 17.4 Å². The summed E-state index contributed by atoms with van der Waals surface area (Å²) in [5, 5.41) is 11.5. The standard InChI is InChI=1S/C16H17NO6S/c1-21-12-5-3-10(7-14(12)22-2)17-15(18)9-24-8-11-4-6-13(23-11)16(19)20/h3-7H,8-9H2,1-2H3,(H,17,18)(H,19,20). The predicted octanol–water partition coefficient (Wildman–Crippen LogP) is 2.87. The molecule has 128 valence electrons. The number of carboxylic acids is 1. The number of aromatic carboxylic acids is 1. The lowest BCUT2D eigenvalue weighted by Crippen LogP contribution is -2.14. The van der Waals surface area contributed by atoms with Crippen LogP contribution in [0.2, 0.25) is 0 Å². The molecule has 0 aliphatic rings. The SMILES string of the molecule is COc1ccc(NC(=O)CSCc2ccc(C(=O)O)o2)cc1OC. The van der Waals surface area contributed by atoms with Crippen LogP contribution in [0.3, 0.4) is 0 Å². The zero-order valence-electron chi connectivity index (χ0n) is 13.2. The van der Waals surface area contributed by atoms with Crippen LogP contribution in [-0.4, -0.2) is 37.0 Å². The highest BCUT2D eigenvalue weighted by atomic mass is 32.2. The van der Waals surface area contributed by atoms with Crippen LogP contribution in [0.15, 0.2) is 34.7 Å². The normalized spacial score (nSPS) is 10.2. The second kappa shape index (κ2) is 8.30. The molecule has 1 aromatic heterocycles. The van der Waals surface area contributed by atoms with E-state index in [2.05, 4.69) is 5.32 Å². The summed E-state index contributed by atoms with van der Waals surface area (Å²) in [6.45, 7) is 0. The average Bonchev–Trinajstić information content (AvgIpc) is 3.04. The van der Waals surface area contributed by atoms with E-state index in [1.54, 1.807) is 24.3 Å². The molecular weight excluding hydrogens is 334 g/mol. The van der Waals surface area contributed by atoms with Crippen LogP contribution in [0, 0.1) is 0 Å². The van der Waals surface area contributed by atoms with E-state index >= 15 is 0 Å². The molecule has 8 heteroatoms. The highest BCUT2D eigenvalue weighted by Crippen LogP contribution is 2.29. The van der Waals surface area contributed by atoms with Gasteiger partial charge in [0.15, 0.2) is 11.5 Å². The molecule has 0 aliphatic carbocycles. The zero-order valence-corrected chi connectivity index (χ0v) is 14.0. The number of carboxylic acid groups (broad SMARTS) is 1. The van der Waals surface area contributed by atoms with E-state index in [4.69, 9.17) is 19.0 Å². The molecule has 1 aromatic carbocycles. The van der Waals surface area contributed by atoms with Gasteiger partial charge in [0.2, 0.25) is 11.7 Å². The van der Waals surface area contributed by atoms with Crippen LogP contribution in [0.1, 0.15) is 16.3 Å². The summed E-state index contributed by atoms with van der Waals surface area (Å²) in [6.07, 6.45) is 0. The van der Waals surface area contributed by atoms with Crippen molar-refractivity contribution in [2.75, 3.05) is 25.3 Å². The number of methoxy groups -OCH3 is 2. The molecule has 24 heavy (non-hydrogen) atoms. The van der Waals surface area contributed by atoms with Crippen LogP contribution < -0.4 is 14.8 Å². The molecule has 0 saturated carbocycles. The number of carbonyl (C=O) groups is 2. The number of carbonyl (C=O) groups excluding carboxylic acids is 1. The van der Waals surface area contributed by atoms with Gasteiger partial charge in [-0.1, -0.05) is 0 Å². The van der Waals surface area contributed by atoms with Crippen LogP contribution >= 0.6 is 11.8 Å². The Kier molecular flexibility index (Phi) is 6.14. The Labute approximate surface area is 142 Å². The van der Waals surface area contributed by atoms with Crippen LogP contribution in [0.25, 0.3) is 0 Å². The Morgan fingerprint density at radius 2 is 1.92 bits per heavy atom. The van der Waals surface area contributed by atoms with Crippen molar-refractivity contribution < 1.29 is 28.6 Å². The van der Waals surface area contributed by atoms with E-state index in [0.29, 0.717) is 28.7 Å². The number of thioether (sulfide) groups is 1. The van der Waals surface area contributed by atoms with Gasteiger partial charge in [-0.15, -0.1) is 11.8 Å². The van der Waals surface area contributed by atoms with Gasteiger partial charge in [-0.25, -0.2) is 4.79 Å². The van der Waals surface area contributed by atoms with E-state index in [0.717, 1.165) is 0 Å². The lowest BCUT2D eigenvalue weighted by atomic mass is 10.2. The lowest BCUT2D eigenvalue weighted by molar-refractivity contribution is -0.113. The number of amides is 1. The van der Waals surface area contributed by atoms with Crippen molar-refractivity contribution in [2.24, 2.45) is 0 Å². The van der Waals surface area contributed by atoms with E-state index in [1.807, 2.05) is 0 Å². The fourth-order valence-corrected chi connectivity index (χ4v) is 2.64. The third kappa shape index (κ3) is 4.69. The van der Waals surface area contributed by atoms with Gasteiger partial charge in [0.1, 0.15) is 5.76 Å². The molecule has 0 bridgehead atoms. The Hall–Kier alpha value is -2.61. The number of anilines is 1. The fourth-order valence-electron chi connectivity index (χ4n) is 1.93. The number of rotatable bonds is 8. The van der Waals surface area contributed by atoms with Crippen molar-refractivity contribution in [3.8, 4) is 11.5 Å². The predicted molar refractivity (Wildman–Crippen MR) is 90.0 cm³/mol.